The average molecular weight is 336 g/mol. The topological polar surface area (TPSA) is 46.9 Å². The van der Waals surface area contributed by atoms with Gasteiger partial charge in [-0.15, -0.1) is 0 Å². The quantitative estimate of drug-likeness (QED) is 0.860. The van der Waals surface area contributed by atoms with Crippen LogP contribution in [0, 0.1) is 0 Å². The lowest BCUT2D eigenvalue weighted by Gasteiger charge is -2.21. The molecule has 6 heteroatoms. The minimum atomic E-state index is -0.347. The molecule has 1 unspecified atom stereocenters. The minimum absolute atomic E-state index is 0.152. The van der Waals surface area contributed by atoms with E-state index in [-0.39, 0.29) is 16.6 Å². The van der Waals surface area contributed by atoms with Gasteiger partial charge in [-0.2, -0.15) is 9.78 Å². The molecule has 22 heavy (non-hydrogen) atoms. The predicted molar refractivity (Wildman–Crippen MR) is 90.3 cm³/mol. The van der Waals surface area contributed by atoms with E-state index in [1.54, 1.807) is 30.5 Å². The highest BCUT2D eigenvalue weighted by Gasteiger charge is 2.15. The number of aromatic nitrogens is 2. The van der Waals surface area contributed by atoms with Crippen LogP contribution in [0.5, 0.6) is 0 Å². The van der Waals surface area contributed by atoms with Crippen LogP contribution in [0.2, 0.25) is 10.0 Å². The summed E-state index contributed by atoms with van der Waals surface area (Å²) in [6.45, 7) is 0. The zero-order valence-corrected chi connectivity index (χ0v) is 13.3. The molecule has 4 nitrogen and oxygen atoms in total. The van der Waals surface area contributed by atoms with Gasteiger partial charge in [0.25, 0.3) is 5.56 Å². The van der Waals surface area contributed by atoms with Gasteiger partial charge >= 0.3 is 0 Å². The molecule has 1 aliphatic rings. The van der Waals surface area contributed by atoms with Crippen molar-refractivity contribution in [1.82, 2.24) is 9.78 Å². The molecule has 1 aromatic carbocycles. The minimum Gasteiger partial charge on any atom is -0.379 e. The zero-order chi connectivity index (χ0) is 15.5. The number of rotatable bonds is 3. The summed E-state index contributed by atoms with van der Waals surface area (Å²) in [4.78, 5) is 12.4. The van der Waals surface area contributed by atoms with Gasteiger partial charge in [-0.3, -0.25) is 4.79 Å². The highest BCUT2D eigenvalue weighted by molar-refractivity contribution is 6.33. The van der Waals surface area contributed by atoms with Gasteiger partial charge < -0.3 is 5.32 Å². The molecule has 0 saturated heterocycles. The Bertz CT molecular complexity index is 753. The molecule has 3 rings (SSSR count). The van der Waals surface area contributed by atoms with Gasteiger partial charge in [-0.25, -0.2) is 0 Å². The smallest absolute Gasteiger partial charge is 0.292 e. The summed E-state index contributed by atoms with van der Waals surface area (Å²) >= 11 is 12.1. The number of allylic oxidation sites excluding steroid dienone is 1. The number of halogens is 2. The van der Waals surface area contributed by atoms with E-state index in [2.05, 4.69) is 22.6 Å². The number of anilines is 1. The zero-order valence-electron chi connectivity index (χ0n) is 11.8. The predicted octanol–water partition coefficient (Wildman–Crippen LogP) is 4.06. The normalized spacial score (nSPS) is 17.5. The van der Waals surface area contributed by atoms with E-state index in [0.29, 0.717) is 16.4 Å². The van der Waals surface area contributed by atoms with E-state index in [1.807, 2.05) is 0 Å². The summed E-state index contributed by atoms with van der Waals surface area (Å²) in [5, 5.41) is 8.25. The number of hydrogen-bond acceptors (Lipinski definition) is 3. The van der Waals surface area contributed by atoms with Gasteiger partial charge in [0.2, 0.25) is 0 Å². The van der Waals surface area contributed by atoms with Crippen LogP contribution in [-0.4, -0.2) is 15.8 Å². The van der Waals surface area contributed by atoms with Gasteiger partial charge in [0.05, 0.1) is 17.6 Å². The van der Waals surface area contributed by atoms with Crippen molar-refractivity contribution in [1.29, 1.82) is 0 Å². The Hall–Kier alpha value is -1.78. The lowest BCUT2D eigenvalue weighted by molar-refractivity contribution is 0.643. The largest absolute Gasteiger partial charge is 0.379 e. The van der Waals surface area contributed by atoms with Crippen LogP contribution < -0.4 is 10.9 Å². The Morgan fingerprint density at radius 1 is 1.18 bits per heavy atom. The first-order valence-corrected chi connectivity index (χ1v) is 7.86. The molecule has 1 aromatic heterocycles. The van der Waals surface area contributed by atoms with E-state index in [0.717, 1.165) is 19.3 Å². The van der Waals surface area contributed by atoms with Crippen LogP contribution in [0.15, 0.2) is 47.4 Å². The maximum absolute atomic E-state index is 12.4. The second-order valence-corrected chi connectivity index (χ2v) is 6.01. The second-order valence-electron chi connectivity index (χ2n) is 5.19. The van der Waals surface area contributed by atoms with Crippen LogP contribution in [0.1, 0.15) is 19.3 Å². The summed E-state index contributed by atoms with van der Waals surface area (Å²) < 4.78 is 1.27. The molecule has 1 N–H and O–H groups in total. The summed E-state index contributed by atoms with van der Waals surface area (Å²) in [6, 6.07) is 7.16. The third kappa shape index (κ3) is 3.18. The van der Waals surface area contributed by atoms with Crippen molar-refractivity contribution in [2.75, 3.05) is 5.32 Å². The number of benzene rings is 1. The first kappa shape index (κ1) is 15.1. The van der Waals surface area contributed by atoms with Crippen LogP contribution in [0.25, 0.3) is 5.69 Å². The van der Waals surface area contributed by atoms with Crippen LogP contribution in [0.3, 0.4) is 0 Å². The van der Waals surface area contributed by atoms with E-state index in [4.69, 9.17) is 23.2 Å². The molecular formula is C16H15Cl2N3O. The van der Waals surface area contributed by atoms with Crippen molar-refractivity contribution in [3.8, 4) is 5.69 Å². The van der Waals surface area contributed by atoms with Gasteiger partial charge in [-0.1, -0.05) is 35.4 Å². The Kier molecular flexibility index (Phi) is 4.50. The Morgan fingerprint density at radius 2 is 1.95 bits per heavy atom. The van der Waals surface area contributed by atoms with Crippen molar-refractivity contribution >= 4 is 28.9 Å². The van der Waals surface area contributed by atoms with E-state index in [1.165, 1.54) is 4.68 Å². The third-order valence-electron chi connectivity index (χ3n) is 3.62. The summed E-state index contributed by atoms with van der Waals surface area (Å²) in [5.74, 6) is 0. The Balaban J connectivity index is 1.89. The first-order chi connectivity index (χ1) is 10.6. The van der Waals surface area contributed by atoms with Gasteiger partial charge in [0.15, 0.2) is 0 Å². The number of nitrogens with one attached hydrogen (secondary N) is 1. The van der Waals surface area contributed by atoms with Gasteiger partial charge in [-0.05, 0) is 43.5 Å². The molecule has 2 aromatic rings. The summed E-state index contributed by atoms with van der Waals surface area (Å²) in [5.41, 5.74) is 0.862. The van der Waals surface area contributed by atoms with Gasteiger partial charge in [0.1, 0.15) is 5.02 Å². The molecule has 1 atom stereocenters. The molecule has 0 saturated carbocycles. The fourth-order valence-electron chi connectivity index (χ4n) is 2.44. The fourth-order valence-corrected chi connectivity index (χ4v) is 2.75. The molecule has 0 bridgehead atoms. The summed E-state index contributed by atoms with van der Waals surface area (Å²) in [7, 11) is 0. The molecule has 0 fully saturated rings. The Labute approximate surface area is 138 Å². The van der Waals surface area contributed by atoms with Crippen LogP contribution in [-0.2, 0) is 0 Å². The van der Waals surface area contributed by atoms with Crippen molar-refractivity contribution in [3.05, 3.63) is 63.0 Å². The molecule has 0 spiro atoms. The lowest BCUT2D eigenvalue weighted by Crippen LogP contribution is -2.26. The molecule has 114 valence electrons. The highest BCUT2D eigenvalue weighted by Crippen LogP contribution is 2.22. The van der Waals surface area contributed by atoms with E-state index < -0.39 is 0 Å². The summed E-state index contributed by atoms with van der Waals surface area (Å²) in [6.07, 6.45) is 8.87. The third-order valence-corrected chi connectivity index (χ3v) is 4.24. The lowest BCUT2D eigenvalue weighted by atomic mass is 10.0. The molecule has 0 aliphatic heterocycles. The van der Waals surface area contributed by atoms with Crippen LogP contribution in [0.4, 0.5) is 5.69 Å². The molecule has 0 amide bonds. The fraction of sp³-hybridized carbons (Fsp3) is 0.250. The molecule has 1 heterocycles. The highest BCUT2D eigenvalue weighted by atomic mass is 35.5. The second kappa shape index (κ2) is 6.55. The maximum atomic E-state index is 12.4. The van der Waals surface area contributed by atoms with Crippen molar-refractivity contribution in [2.24, 2.45) is 0 Å². The van der Waals surface area contributed by atoms with E-state index in [9.17, 15) is 4.79 Å². The number of hydrogen-bond donors (Lipinski definition) is 1. The van der Waals surface area contributed by atoms with Crippen molar-refractivity contribution in [2.45, 2.75) is 25.3 Å². The molecule has 0 radical (unpaired) electrons. The number of nitrogens with zero attached hydrogens (tertiary/aromatic N) is 2. The van der Waals surface area contributed by atoms with E-state index >= 15 is 0 Å². The van der Waals surface area contributed by atoms with Crippen LogP contribution >= 0.6 is 23.2 Å². The Morgan fingerprint density at radius 3 is 2.64 bits per heavy atom. The first-order valence-electron chi connectivity index (χ1n) is 7.10. The molecular weight excluding hydrogens is 321 g/mol. The van der Waals surface area contributed by atoms with Crippen molar-refractivity contribution < 1.29 is 0 Å². The maximum Gasteiger partial charge on any atom is 0.292 e. The average Bonchev–Trinajstić information content (AvgIpc) is 2.54. The van der Waals surface area contributed by atoms with Gasteiger partial charge in [0, 0.05) is 11.1 Å². The monoisotopic (exact) mass is 335 g/mol. The molecule has 1 aliphatic carbocycles. The SMILES string of the molecule is O=c1c(Cl)c(NC2CC=CCC2)cnn1-c1ccc(Cl)cc1. The van der Waals surface area contributed by atoms with Crippen molar-refractivity contribution in [3.63, 3.8) is 0 Å². The standard InChI is InChI=1S/C16H15Cl2N3O/c17-11-6-8-13(9-7-11)21-16(22)15(18)14(10-19-21)20-12-4-2-1-3-5-12/h1-2,6-10,12,20H,3-5H2.